The molecule has 0 aliphatic carbocycles. The number of carboxylic acids is 1. The summed E-state index contributed by atoms with van der Waals surface area (Å²) in [6.07, 6.45) is 0.799. The minimum absolute atomic E-state index is 0.0627. The predicted octanol–water partition coefficient (Wildman–Crippen LogP) is 3.27. The summed E-state index contributed by atoms with van der Waals surface area (Å²) < 4.78 is 0. The third-order valence-electron chi connectivity index (χ3n) is 3.62. The Morgan fingerprint density at radius 2 is 1.61 bits per heavy atom. The fourth-order valence-corrected chi connectivity index (χ4v) is 2.37. The van der Waals surface area contributed by atoms with Crippen molar-refractivity contribution in [1.29, 1.82) is 0 Å². The van der Waals surface area contributed by atoms with Gasteiger partial charge in [0.2, 0.25) is 5.91 Å². The predicted molar refractivity (Wildman–Crippen MR) is 90.1 cm³/mol. The maximum Gasteiger partial charge on any atom is 0.303 e. The SMILES string of the molecule is CC(CCC(=O)O)NC(=O)Cc1ccc(-c2ccccc2)cc1. The van der Waals surface area contributed by atoms with E-state index in [0.717, 1.165) is 16.7 Å². The summed E-state index contributed by atoms with van der Waals surface area (Å²) in [6.45, 7) is 1.82. The number of aliphatic carboxylic acids is 1. The first-order chi connectivity index (χ1) is 11.0. The molecule has 0 bridgehead atoms. The van der Waals surface area contributed by atoms with Gasteiger partial charge in [0.05, 0.1) is 6.42 Å². The fourth-order valence-electron chi connectivity index (χ4n) is 2.37. The van der Waals surface area contributed by atoms with Crippen LogP contribution in [-0.4, -0.2) is 23.0 Å². The number of amides is 1. The van der Waals surface area contributed by atoms with E-state index in [4.69, 9.17) is 5.11 Å². The smallest absolute Gasteiger partial charge is 0.303 e. The summed E-state index contributed by atoms with van der Waals surface area (Å²) >= 11 is 0. The van der Waals surface area contributed by atoms with Gasteiger partial charge in [-0.25, -0.2) is 0 Å². The van der Waals surface area contributed by atoms with E-state index in [1.807, 2.05) is 61.5 Å². The molecule has 0 radical (unpaired) electrons. The van der Waals surface area contributed by atoms with Gasteiger partial charge in [0.15, 0.2) is 0 Å². The van der Waals surface area contributed by atoms with E-state index in [9.17, 15) is 9.59 Å². The molecular weight excluding hydrogens is 290 g/mol. The van der Waals surface area contributed by atoms with Crippen LogP contribution in [0.2, 0.25) is 0 Å². The van der Waals surface area contributed by atoms with E-state index < -0.39 is 5.97 Å². The maximum atomic E-state index is 12.0. The Bertz CT molecular complexity index is 650. The Labute approximate surface area is 136 Å². The highest BCUT2D eigenvalue weighted by Crippen LogP contribution is 2.19. The number of rotatable bonds is 7. The van der Waals surface area contributed by atoms with Crippen LogP contribution in [0.3, 0.4) is 0 Å². The van der Waals surface area contributed by atoms with Crippen molar-refractivity contribution < 1.29 is 14.7 Å². The first kappa shape index (κ1) is 16.7. The van der Waals surface area contributed by atoms with Crippen LogP contribution >= 0.6 is 0 Å². The highest BCUT2D eigenvalue weighted by molar-refractivity contribution is 5.79. The molecule has 23 heavy (non-hydrogen) atoms. The molecule has 2 rings (SSSR count). The minimum Gasteiger partial charge on any atom is -0.481 e. The Balaban J connectivity index is 1.88. The van der Waals surface area contributed by atoms with E-state index in [0.29, 0.717) is 12.8 Å². The van der Waals surface area contributed by atoms with Crippen LogP contribution in [0.25, 0.3) is 11.1 Å². The third-order valence-corrected chi connectivity index (χ3v) is 3.62. The molecule has 0 saturated carbocycles. The molecule has 1 unspecified atom stereocenters. The van der Waals surface area contributed by atoms with Gasteiger partial charge in [-0.3, -0.25) is 9.59 Å². The van der Waals surface area contributed by atoms with E-state index in [1.54, 1.807) is 0 Å². The summed E-state index contributed by atoms with van der Waals surface area (Å²) in [6, 6.07) is 17.8. The van der Waals surface area contributed by atoms with Crippen molar-refractivity contribution in [2.24, 2.45) is 0 Å². The molecule has 0 fully saturated rings. The van der Waals surface area contributed by atoms with Crippen LogP contribution in [0.15, 0.2) is 54.6 Å². The second-order valence-electron chi connectivity index (χ2n) is 5.64. The fraction of sp³-hybridized carbons (Fsp3) is 0.263. The van der Waals surface area contributed by atoms with Gasteiger partial charge in [0.25, 0.3) is 0 Å². The average molecular weight is 311 g/mol. The number of benzene rings is 2. The van der Waals surface area contributed by atoms with E-state index in [-0.39, 0.29) is 18.4 Å². The van der Waals surface area contributed by atoms with Gasteiger partial charge in [0.1, 0.15) is 0 Å². The van der Waals surface area contributed by atoms with Crippen molar-refractivity contribution in [3.8, 4) is 11.1 Å². The molecule has 1 atom stereocenters. The largest absolute Gasteiger partial charge is 0.481 e. The third kappa shape index (κ3) is 5.58. The molecular formula is C19H21NO3. The number of carbonyl (C=O) groups is 2. The molecule has 4 heteroatoms. The topological polar surface area (TPSA) is 66.4 Å². The molecule has 0 saturated heterocycles. The van der Waals surface area contributed by atoms with Crippen molar-refractivity contribution in [2.45, 2.75) is 32.2 Å². The van der Waals surface area contributed by atoms with Crippen molar-refractivity contribution in [2.75, 3.05) is 0 Å². The molecule has 120 valence electrons. The van der Waals surface area contributed by atoms with Crippen LogP contribution in [0.5, 0.6) is 0 Å². The lowest BCUT2D eigenvalue weighted by molar-refractivity contribution is -0.137. The zero-order valence-electron chi connectivity index (χ0n) is 13.2. The number of hydrogen-bond donors (Lipinski definition) is 2. The van der Waals surface area contributed by atoms with E-state index in [2.05, 4.69) is 5.32 Å². The summed E-state index contributed by atoms with van der Waals surface area (Å²) in [5.41, 5.74) is 3.20. The highest BCUT2D eigenvalue weighted by Gasteiger charge is 2.10. The van der Waals surface area contributed by atoms with Gasteiger partial charge in [-0.15, -0.1) is 0 Å². The van der Waals surface area contributed by atoms with Gasteiger partial charge in [-0.1, -0.05) is 54.6 Å². The standard InChI is InChI=1S/C19H21NO3/c1-14(7-12-19(22)23)20-18(21)13-15-8-10-17(11-9-15)16-5-3-2-4-6-16/h2-6,8-11,14H,7,12-13H2,1H3,(H,20,21)(H,22,23). The molecule has 0 heterocycles. The zero-order valence-corrected chi connectivity index (χ0v) is 13.2. The second kappa shape index (κ2) is 8.13. The van der Waals surface area contributed by atoms with E-state index in [1.165, 1.54) is 0 Å². The van der Waals surface area contributed by atoms with Crippen LogP contribution in [0, 0.1) is 0 Å². The lowest BCUT2D eigenvalue weighted by Crippen LogP contribution is -2.34. The van der Waals surface area contributed by atoms with Gasteiger partial charge >= 0.3 is 5.97 Å². The minimum atomic E-state index is -0.845. The molecule has 0 aliphatic heterocycles. The van der Waals surface area contributed by atoms with Gasteiger partial charge in [-0.05, 0) is 30.0 Å². The van der Waals surface area contributed by atoms with Crippen molar-refractivity contribution >= 4 is 11.9 Å². The molecule has 0 spiro atoms. The molecule has 0 aromatic heterocycles. The molecule has 0 aliphatic rings. The molecule has 2 aromatic rings. The normalized spacial score (nSPS) is 11.7. The van der Waals surface area contributed by atoms with Gasteiger partial charge in [-0.2, -0.15) is 0 Å². The van der Waals surface area contributed by atoms with Gasteiger partial charge in [0, 0.05) is 12.5 Å². The first-order valence-corrected chi connectivity index (χ1v) is 7.70. The Morgan fingerprint density at radius 3 is 2.22 bits per heavy atom. The Kier molecular flexibility index (Phi) is 5.92. The Hall–Kier alpha value is -2.62. The molecule has 4 nitrogen and oxygen atoms in total. The number of nitrogens with one attached hydrogen (secondary N) is 1. The van der Waals surface area contributed by atoms with Crippen LogP contribution in [0.1, 0.15) is 25.3 Å². The van der Waals surface area contributed by atoms with Crippen molar-refractivity contribution in [1.82, 2.24) is 5.32 Å². The monoisotopic (exact) mass is 311 g/mol. The summed E-state index contributed by atoms with van der Waals surface area (Å²) in [5.74, 6) is -0.932. The van der Waals surface area contributed by atoms with Gasteiger partial charge < -0.3 is 10.4 Å². The lowest BCUT2D eigenvalue weighted by atomic mass is 10.0. The maximum absolute atomic E-state index is 12.0. The van der Waals surface area contributed by atoms with Crippen LogP contribution in [0.4, 0.5) is 0 Å². The first-order valence-electron chi connectivity index (χ1n) is 7.70. The van der Waals surface area contributed by atoms with E-state index >= 15 is 0 Å². The number of hydrogen-bond acceptors (Lipinski definition) is 2. The molecule has 2 N–H and O–H groups in total. The summed E-state index contributed by atoms with van der Waals surface area (Å²) in [7, 11) is 0. The van der Waals surface area contributed by atoms with Crippen molar-refractivity contribution in [3.05, 3.63) is 60.2 Å². The average Bonchev–Trinajstić information content (AvgIpc) is 2.54. The van der Waals surface area contributed by atoms with Crippen molar-refractivity contribution in [3.63, 3.8) is 0 Å². The number of carbonyl (C=O) groups excluding carboxylic acids is 1. The summed E-state index contributed by atoms with van der Waals surface area (Å²) in [4.78, 5) is 22.5. The van der Waals surface area contributed by atoms with Crippen LogP contribution < -0.4 is 5.32 Å². The number of carboxylic acid groups (broad SMARTS) is 1. The Morgan fingerprint density at radius 1 is 1.00 bits per heavy atom. The summed E-state index contributed by atoms with van der Waals surface area (Å²) in [5, 5.41) is 11.5. The molecule has 2 aromatic carbocycles. The molecule has 1 amide bonds. The lowest BCUT2D eigenvalue weighted by Gasteiger charge is -2.13. The zero-order chi connectivity index (χ0) is 16.7. The second-order valence-corrected chi connectivity index (χ2v) is 5.64. The quantitative estimate of drug-likeness (QED) is 0.825. The van der Waals surface area contributed by atoms with Crippen LogP contribution in [-0.2, 0) is 16.0 Å². The highest BCUT2D eigenvalue weighted by atomic mass is 16.4.